The minimum Gasteiger partial charge on any atom is -0.478 e. The molecule has 0 saturated heterocycles. The van der Waals surface area contributed by atoms with Gasteiger partial charge in [-0.15, -0.1) is 0 Å². The maximum atomic E-state index is 11.8. The Morgan fingerprint density at radius 1 is 1.10 bits per heavy atom. The molecule has 3 aromatic rings. The van der Waals surface area contributed by atoms with E-state index < -0.39 is 5.97 Å². The third-order valence-corrected chi connectivity index (χ3v) is 5.43. The lowest BCUT2D eigenvalue weighted by Crippen LogP contribution is -2.32. The van der Waals surface area contributed by atoms with Gasteiger partial charge in [0.05, 0.1) is 16.8 Å². The van der Waals surface area contributed by atoms with Gasteiger partial charge in [0.2, 0.25) is 0 Å². The van der Waals surface area contributed by atoms with Crippen LogP contribution in [-0.4, -0.2) is 15.6 Å². The Labute approximate surface area is 175 Å². The molecule has 1 aliphatic carbocycles. The summed E-state index contributed by atoms with van der Waals surface area (Å²) in [5.41, 5.74) is 11.3. The maximum absolute atomic E-state index is 11.8. The summed E-state index contributed by atoms with van der Waals surface area (Å²) in [5.74, 6) is 0.553. The molecule has 5 rings (SSSR count). The van der Waals surface area contributed by atoms with E-state index in [9.17, 15) is 9.90 Å². The van der Waals surface area contributed by atoms with Crippen molar-refractivity contribution in [1.29, 1.82) is 0 Å². The summed E-state index contributed by atoms with van der Waals surface area (Å²) >= 11 is 0. The van der Waals surface area contributed by atoms with Gasteiger partial charge in [-0.2, -0.15) is 0 Å². The molecule has 6 nitrogen and oxygen atoms in total. The average Bonchev–Trinajstić information content (AvgIpc) is 3.48. The van der Waals surface area contributed by atoms with Crippen molar-refractivity contribution in [2.24, 2.45) is 0 Å². The van der Waals surface area contributed by atoms with Gasteiger partial charge in [0.1, 0.15) is 5.82 Å². The summed E-state index contributed by atoms with van der Waals surface area (Å²) in [4.78, 5) is 11.8. The number of carboxylic acids is 1. The second-order valence-corrected chi connectivity index (χ2v) is 7.62. The molecule has 2 heterocycles. The first-order valence-electron chi connectivity index (χ1n) is 9.75. The van der Waals surface area contributed by atoms with Crippen molar-refractivity contribution in [3.05, 3.63) is 77.6 Å². The molecule has 0 radical (unpaired) electrons. The van der Waals surface area contributed by atoms with E-state index in [1.54, 1.807) is 6.07 Å². The van der Waals surface area contributed by atoms with Crippen molar-refractivity contribution in [3.8, 4) is 0 Å². The third-order valence-electron chi connectivity index (χ3n) is 5.43. The van der Waals surface area contributed by atoms with Gasteiger partial charge < -0.3 is 20.4 Å². The largest absolute Gasteiger partial charge is 0.478 e. The molecule has 0 amide bonds. The van der Waals surface area contributed by atoms with Crippen molar-refractivity contribution in [2.45, 2.75) is 33.1 Å². The van der Waals surface area contributed by atoms with E-state index in [1.165, 1.54) is 0 Å². The van der Waals surface area contributed by atoms with Crippen LogP contribution < -0.4 is 16.2 Å². The number of anilines is 2. The summed E-state index contributed by atoms with van der Waals surface area (Å²) in [6.45, 7) is 1.99. The first-order chi connectivity index (χ1) is 14.1. The predicted octanol–water partition coefficient (Wildman–Crippen LogP) is 5.41. The quantitative estimate of drug-likeness (QED) is 0.459. The molecule has 1 aliphatic heterocycles. The van der Waals surface area contributed by atoms with Gasteiger partial charge in [0.15, 0.2) is 0 Å². The van der Waals surface area contributed by atoms with Gasteiger partial charge in [-0.25, -0.2) is 4.79 Å². The van der Waals surface area contributed by atoms with E-state index in [0.29, 0.717) is 17.2 Å². The van der Waals surface area contributed by atoms with Crippen LogP contribution in [0, 0.1) is 0 Å². The van der Waals surface area contributed by atoms with Gasteiger partial charge in [0.25, 0.3) is 0 Å². The molecule has 1 fully saturated rings. The number of carboxylic acid groups (broad SMARTS) is 1. The molecule has 1 saturated carbocycles. The van der Waals surface area contributed by atoms with Gasteiger partial charge in [-0.1, -0.05) is 13.5 Å². The lowest BCUT2D eigenvalue weighted by Gasteiger charge is -2.19. The van der Waals surface area contributed by atoms with Crippen LogP contribution in [0.2, 0.25) is 0 Å². The minimum absolute atomic E-state index is 0. The summed E-state index contributed by atoms with van der Waals surface area (Å²) < 4.78 is 2.07. The lowest BCUT2D eigenvalue weighted by atomic mass is 10.0. The zero-order valence-corrected chi connectivity index (χ0v) is 16.1. The van der Waals surface area contributed by atoms with Crippen LogP contribution in [0.3, 0.4) is 0 Å². The Bertz CT molecular complexity index is 1190. The highest BCUT2D eigenvalue weighted by Gasteiger charge is 2.25. The van der Waals surface area contributed by atoms with Crippen molar-refractivity contribution < 1.29 is 9.90 Å². The van der Waals surface area contributed by atoms with Crippen LogP contribution in [0.5, 0.6) is 0 Å². The summed E-state index contributed by atoms with van der Waals surface area (Å²) in [6.07, 6.45) is 8.35. The second-order valence-electron chi connectivity index (χ2n) is 7.62. The van der Waals surface area contributed by atoms with E-state index in [1.807, 2.05) is 61.7 Å². The molecule has 0 unspecified atom stereocenters. The number of aromatic carboxylic acids is 1. The number of benzene rings is 2. The molecule has 30 heavy (non-hydrogen) atoms. The number of allylic oxidation sites excluding steroid dienone is 3. The number of hydrogen-bond donors (Lipinski definition) is 4. The maximum Gasteiger partial charge on any atom is 0.337 e. The fourth-order valence-electron chi connectivity index (χ4n) is 3.69. The van der Waals surface area contributed by atoms with Gasteiger partial charge in [-0.05, 0) is 79.8 Å². The molecule has 4 N–H and O–H groups in total. The van der Waals surface area contributed by atoms with Crippen molar-refractivity contribution in [1.82, 2.24) is 15.4 Å². The van der Waals surface area contributed by atoms with E-state index in [2.05, 4.69) is 20.7 Å². The van der Waals surface area contributed by atoms with Gasteiger partial charge in [0, 0.05) is 23.0 Å². The third kappa shape index (κ3) is 3.64. The summed E-state index contributed by atoms with van der Waals surface area (Å²) in [5, 5.41) is 14.0. The Balaban J connectivity index is 0.00000218. The Morgan fingerprint density at radius 3 is 2.63 bits per heavy atom. The minimum atomic E-state index is -0.909. The van der Waals surface area contributed by atoms with E-state index in [-0.39, 0.29) is 7.43 Å². The zero-order chi connectivity index (χ0) is 20.0. The smallest absolute Gasteiger partial charge is 0.337 e. The lowest BCUT2D eigenvalue weighted by molar-refractivity contribution is 0.0698. The second kappa shape index (κ2) is 7.63. The number of fused-ring (bicyclic) bond motifs is 1. The fourth-order valence-corrected chi connectivity index (χ4v) is 3.69. The molecule has 6 heteroatoms. The normalized spacial score (nSPS) is 15.4. The first-order valence-corrected chi connectivity index (χ1v) is 9.75. The fraction of sp³-hybridized carbons (Fsp3) is 0.208. The van der Waals surface area contributed by atoms with Crippen LogP contribution in [-0.2, 0) is 0 Å². The van der Waals surface area contributed by atoms with Crippen LogP contribution in [0.15, 0.2) is 66.5 Å². The van der Waals surface area contributed by atoms with Gasteiger partial charge in [-0.3, -0.25) is 5.43 Å². The molecule has 2 aliphatic rings. The number of hydrogen-bond acceptors (Lipinski definition) is 4. The number of carbonyl (C=O) groups is 1. The van der Waals surface area contributed by atoms with Crippen molar-refractivity contribution in [2.75, 3.05) is 5.32 Å². The average molecular weight is 402 g/mol. The molecule has 2 aromatic carbocycles. The Morgan fingerprint density at radius 2 is 1.93 bits per heavy atom. The number of aromatic nitrogens is 1. The van der Waals surface area contributed by atoms with Crippen LogP contribution in [0.1, 0.15) is 49.0 Å². The molecule has 0 spiro atoms. The first kappa shape index (κ1) is 19.6. The number of nitrogens with one attached hydrogen (secondary N) is 3. The molecule has 1 aromatic heterocycles. The Hall–Kier alpha value is -3.67. The van der Waals surface area contributed by atoms with E-state index >= 15 is 0 Å². The molecule has 0 atom stereocenters. The van der Waals surface area contributed by atoms with Crippen LogP contribution in [0.25, 0.3) is 16.7 Å². The SMILES string of the molecule is C.CC1=CC=C(n2ccc3cc(Nc4ccc(C5CC5)cc4C(=O)O)ccc32)NN1. The molecular formula is C24H26N4O2. The van der Waals surface area contributed by atoms with Crippen molar-refractivity contribution in [3.63, 3.8) is 0 Å². The standard InChI is InChI=1S/C23H22N4O2.CH4/c1-14-2-9-22(26-25-14)27-11-10-17-12-18(6-8-21(17)27)24-20-7-5-16(15-3-4-15)13-19(20)23(28)29;/h2,5-13,15,24-26H,3-4H2,1H3,(H,28,29);1H4. The van der Waals surface area contributed by atoms with Gasteiger partial charge >= 0.3 is 5.97 Å². The highest BCUT2D eigenvalue weighted by Crippen LogP contribution is 2.41. The number of hydrazine groups is 1. The van der Waals surface area contributed by atoms with Crippen LogP contribution in [0.4, 0.5) is 11.4 Å². The van der Waals surface area contributed by atoms with Crippen LogP contribution >= 0.6 is 0 Å². The summed E-state index contributed by atoms with van der Waals surface area (Å²) in [6, 6.07) is 13.8. The van der Waals surface area contributed by atoms with E-state index in [4.69, 9.17) is 0 Å². The highest BCUT2D eigenvalue weighted by molar-refractivity contribution is 5.96. The summed E-state index contributed by atoms with van der Waals surface area (Å²) in [7, 11) is 0. The Kier molecular flexibility index (Phi) is 4.99. The monoisotopic (exact) mass is 402 g/mol. The highest BCUT2D eigenvalue weighted by atomic mass is 16.4. The zero-order valence-electron chi connectivity index (χ0n) is 16.1. The number of nitrogens with zero attached hydrogens (tertiary/aromatic N) is 1. The predicted molar refractivity (Wildman–Crippen MR) is 122 cm³/mol. The van der Waals surface area contributed by atoms with E-state index in [0.717, 1.165) is 46.5 Å². The van der Waals surface area contributed by atoms with Crippen molar-refractivity contribution >= 4 is 34.1 Å². The molecule has 0 bridgehead atoms. The molecular weight excluding hydrogens is 376 g/mol. The number of rotatable bonds is 5. The molecule has 154 valence electrons. The topological polar surface area (TPSA) is 78.3 Å².